The van der Waals surface area contributed by atoms with Crippen molar-refractivity contribution in [3.63, 3.8) is 0 Å². The van der Waals surface area contributed by atoms with Gasteiger partial charge in [-0.25, -0.2) is 0 Å². The number of primary amides is 1. The number of nitrogens with one attached hydrogen (secondary N) is 1. The van der Waals surface area contributed by atoms with Gasteiger partial charge in [0, 0.05) is 0 Å². The van der Waals surface area contributed by atoms with E-state index >= 15 is 0 Å². The summed E-state index contributed by atoms with van der Waals surface area (Å²) in [6.07, 6.45) is 1.93. The van der Waals surface area contributed by atoms with Crippen molar-refractivity contribution in [2.75, 3.05) is 5.32 Å². The van der Waals surface area contributed by atoms with Crippen LogP contribution in [0.15, 0.2) is 36.9 Å². The molecule has 0 aliphatic rings. The highest BCUT2D eigenvalue weighted by atomic mass is 16.2. The molecule has 17 heavy (non-hydrogen) atoms. The fraction of sp³-hybridized carbons (Fsp3) is 0.167. The number of benzene rings is 1. The van der Waals surface area contributed by atoms with Gasteiger partial charge in [0.15, 0.2) is 0 Å². The summed E-state index contributed by atoms with van der Waals surface area (Å²) < 4.78 is 0. The predicted molar refractivity (Wildman–Crippen MR) is 66.4 cm³/mol. The zero-order chi connectivity index (χ0) is 12.8. The monoisotopic (exact) mass is 233 g/mol. The first-order valence-corrected chi connectivity index (χ1v) is 5.12. The van der Waals surface area contributed by atoms with E-state index in [-0.39, 0.29) is 11.5 Å². The quantitative estimate of drug-likeness (QED) is 0.650. The number of amides is 2. The summed E-state index contributed by atoms with van der Waals surface area (Å²) in [6, 6.07) is 5.81. The lowest BCUT2D eigenvalue weighted by atomic mass is 10.1. The zero-order valence-corrected chi connectivity index (χ0v) is 9.35. The van der Waals surface area contributed by atoms with Gasteiger partial charge in [-0.05, 0) is 18.6 Å². The maximum atomic E-state index is 11.6. The van der Waals surface area contributed by atoms with Gasteiger partial charge in [0.05, 0.1) is 17.3 Å². The molecule has 0 radical (unpaired) electrons. The molecule has 2 amide bonds. The molecule has 0 bridgehead atoms. The number of rotatable bonds is 5. The molecule has 1 atom stereocenters. The van der Waals surface area contributed by atoms with E-state index in [9.17, 15) is 9.59 Å². The van der Waals surface area contributed by atoms with Gasteiger partial charge in [0.25, 0.3) is 5.91 Å². The molecule has 1 aromatic rings. The summed E-state index contributed by atoms with van der Waals surface area (Å²) in [5.41, 5.74) is 11.4. The molecule has 90 valence electrons. The molecule has 5 nitrogen and oxygen atoms in total. The Morgan fingerprint density at radius 3 is 2.65 bits per heavy atom. The van der Waals surface area contributed by atoms with Crippen LogP contribution in [0, 0.1) is 0 Å². The van der Waals surface area contributed by atoms with Crippen LogP contribution in [-0.4, -0.2) is 17.9 Å². The summed E-state index contributed by atoms with van der Waals surface area (Å²) in [6.45, 7) is 3.50. The first kappa shape index (κ1) is 12.9. The van der Waals surface area contributed by atoms with E-state index < -0.39 is 11.9 Å². The van der Waals surface area contributed by atoms with Crippen LogP contribution in [0.2, 0.25) is 0 Å². The van der Waals surface area contributed by atoms with E-state index in [1.165, 1.54) is 6.07 Å². The molecule has 0 fully saturated rings. The molecule has 0 aliphatic carbocycles. The molecule has 0 saturated carbocycles. The lowest BCUT2D eigenvalue weighted by molar-refractivity contribution is -0.117. The van der Waals surface area contributed by atoms with Crippen LogP contribution in [0.4, 0.5) is 5.69 Å². The summed E-state index contributed by atoms with van der Waals surface area (Å²) in [5, 5.41) is 2.56. The van der Waals surface area contributed by atoms with Crippen LogP contribution in [0.25, 0.3) is 0 Å². The van der Waals surface area contributed by atoms with Gasteiger partial charge in [-0.2, -0.15) is 0 Å². The third-order valence-corrected chi connectivity index (χ3v) is 2.21. The summed E-state index contributed by atoms with van der Waals surface area (Å²) in [7, 11) is 0. The smallest absolute Gasteiger partial charge is 0.250 e. The molecule has 1 unspecified atom stereocenters. The van der Waals surface area contributed by atoms with Crippen molar-refractivity contribution in [2.24, 2.45) is 11.5 Å². The highest BCUT2D eigenvalue weighted by molar-refractivity contribution is 6.04. The SMILES string of the molecule is C=CCC(N)C(=O)Nc1ccccc1C(N)=O. The average Bonchev–Trinajstić information content (AvgIpc) is 2.29. The highest BCUT2D eigenvalue weighted by Gasteiger charge is 2.14. The van der Waals surface area contributed by atoms with Crippen LogP contribution >= 0.6 is 0 Å². The number of nitrogens with two attached hydrogens (primary N) is 2. The first-order valence-electron chi connectivity index (χ1n) is 5.12. The molecule has 0 heterocycles. The van der Waals surface area contributed by atoms with Crippen LogP contribution < -0.4 is 16.8 Å². The van der Waals surface area contributed by atoms with Gasteiger partial charge in [-0.1, -0.05) is 18.2 Å². The van der Waals surface area contributed by atoms with Crippen LogP contribution in [-0.2, 0) is 4.79 Å². The Morgan fingerprint density at radius 1 is 1.41 bits per heavy atom. The Bertz CT molecular complexity index is 443. The maximum absolute atomic E-state index is 11.6. The molecule has 0 aromatic heterocycles. The molecule has 1 rings (SSSR count). The molecule has 5 heteroatoms. The molecular weight excluding hydrogens is 218 g/mol. The van der Waals surface area contributed by atoms with Gasteiger partial charge in [-0.3, -0.25) is 9.59 Å². The van der Waals surface area contributed by atoms with Crippen LogP contribution in [0.3, 0.4) is 0 Å². The number of hydrogen-bond donors (Lipinski definition) is 3. The van der Waals surface area contributed by atoms with E-state index in [0.29, 0.717) is 12.1 Å². The number of carbonyl (C=O) groups excluding carboxylic acids is 2. The Morgan fingerprint density at radius 2 is 2.06 bits per heavy atom. The summed E-state index contributed by atoms with van der Waals surface area (Å²) in [4.78, 5) is 22.8. The van der Waals surface area contributed by atoms with Gasteiger partial charge in [0.1, 0.15) is 0 Å². The third-order valence-electron chi connectivity index (χ3n) is 2.21. The van der Waals surface area contributed by atoms with Crippen molar-refractivity contribution in [1.29, 1.82) is 0 Å². The third kappa shape index (κ3) is 3.42. The minimum Gasteiger partial charge on any atom is -0.366 e. The van der Waals surface area contributed by atoms with E-state index in [0.717, 1.165) is 0 Å². The van der Waals surface area contributed by atoms with Crippen molar-refractivity contribution in [2.45, 2.75) is 12.5 Å². The van der Waals surface area contributed by atoms with Gasteiger partial charge < -0.3 is 16.8 Å². The Hall–Kier alpha value is -2.14. The zero-order valence-electron chi connectivity index (χ0n) is 9.35. The molecule has 0 spiro atoms. The van der Waals surface area contributed by atoms with Gasteiger partial charge in [0.2, 0.25) is 5.91 Å². The maximum Gasteiger partial charge on any atom is 0.250 e. The van der Waals surface area contributed by atoms with Crippen molar-refractivity contribution in [1.82, 2.24) is 0 Å². The standard InChI is InChI=1S/C12H15N3O2/c1-2-5-9(13)12(17)15-10-7-4-3-6-8(10)11(14)16/h2-4,6-7,9H,1,5,13H2,(H2,14,16)(H,15,17). The normalized spacial score (nSPS) is 11.6. The predicted octanol–water partition coefficient (Wildman–Crippen LogP) is 0.627. The molecular formula is C12H15N3O2. The Kier molecular flexibility index (Phi) is 4.42. The lowest BCUT2D eigenvalue weighted by Gasteiger charge is -2.12. The molecule has 0 saturated heterocycles. The topological polar surface area (TPSA) is 98.2 Å². The fourth-order valence-corrected chi connectivity index (χ4v) is 1.32. The van der Waals surface area contributed by atoms with Crippen molar-refractivity contribution >= 4 is 17.5 Å². The van der Waals surface area contributed by atoms with E-state index in [1.807, 2.05) is 0 Å². The van der Waals surface area contributed by atoms with Crippen molar-refractivity contribution in [3.05, 3.63) is 42.5 Å². The van der Waals surface area contributed by atoms with E-state index in [4.69, 9.17) is 11.5 Å². The molecule has 0 aliphatic heterocycles. The molecule has 5 N–H and O–H groups in total. The number of carbonyl (C=O) groups is 2. The van der Waals surface area contributed by atoms with Gasteiger partial charge >= 0.3 is 0 Å². The Labute approximate surface area is 99.5 Å². The second kappa shape index (κ2) is 5.81. The van der Waals surface area contributed by atoms with Crippen LogP contribution in [0.5, 0.6) is 0 Å². The second-order valence-electron chi connectivity index (χ2n) is 3.53. The Balaban J connectivity index is 2.84. The van der Waals surface area contributed by atoms with E-state index in [1.54, 1.807) is 24.3 Å². The minimum absolute atomic E-state index is 0.256. The summed E-state index contributed by atoms with van der Waals surface area (Å²) in [5.74, 6) is -0.975. The van der Waals surface area contributed by atoms with Crippen LogP contribution in [0.1, 0.15) is 16.8 Å². The lowest BCUT2D eigenvalue weighted by Crippen LogP contribution is -2.35. The number of hydrogen-bond acceptors (Lipinski definition) is 3. The highest BCUT2D eigenvalue weighted by Crippen LogP contribution is 2.14. The first-order chi connectivity index (χ1) is 8.06. The van der Waals surface area contributed by atoms with Crippen molar-refractivity contribution < 1.29 is 9.59 Å². The number of anilines is 1. The second-order valence-corrected chi connectivity index (χ2v) is 3.53. The van der Waals surface area contributed by atoms with E-state index in [2.05, 4.69) is 11.9 Å². The number of para-hydroxylation sites is 1. The minimum atomic E-state index is -0.687. The van der Waals surface area contributed by atoms with Gasteiger partial charge in [-0.15, -0.1) is 6.58 Å². The summed E-state index contributed by atoms with van der Waals surface area (Å²) >= 11 is 0. The largest absolute Gasteiger partial charge is 0.366 e. The average molecular weight is 233 g/mol. The molecule has 1 aromatic carbocycles. The van der Waals surface area contributed by atoms with Crippen molar-refractivity contribution in [3.8, 4) is 0 Å². The fourth-order valence-electron chi connectivity index (χ4n) is 1.32.